The molecular formula is C24H24N4O. The summed E-state index contributed by atoms with van der Waals surface area (Å²) in [6.45, 7) is 4.67. The molecule has 0 aliphatic carbocycles. The van der Waals surface area contributed by atoms with Crippen molar-refractivity contribution in [3.05, 3.63) is 77.5 Å². The molecule has 0 amide bonds. The van der Waals surface area contributed by atoms with Crippen molar-refractivity contribution in [1.29, 1.82) is 0 Å². The highest BCUT2D eigenvalue weighted by molar-refractivity contribution is 5.83. The lowest BCUT2D eigenvalue weighted by Crippen LogP contribution is -2.08. The molecule has 0 spiro atoms. The largest absolute Gasteiger partial charge is 0.473 e. The monoisotopic (exact) mass is 384 g/mol. The van der Waals surface area contributed by atoms with Gasteiger partial charge in [-0.25, -0.2) is 10.1 Å². The first-order valence-electron chi connectivity index (χ1n) is 10.1. The molecule has 2 aromatic heterocycles. The van der Waals surface area contributed by atoms with E-state index in [1.807, 2.05) is 18.3 Å². The maximum absolute atomic E-state index is 6.04. The lowest BCUT2D eigenvalue weighted by Gasteiger charge is -2.11. The maximum Gasteiger partial charge on any atom is 0.213 e. The van der Waals surface area contributed by atoms with E-state index in [4.69, 9.17) is 9.72 Å². The molecule has 0 saturated carbocycles. The third-order valence-electron chi connectivity index (χ3n) is 5.66. The number of aromatic amines is 1. The molecule has 0 bridgehead atoms. The highest BCUT2D eigenvalue weighted by Crippen LogP contribution is 2.30. The van der Waals surface area contributed by atoms with Crippen molar-refractivity contribution in [2.45, 2.75) is 25.9 Å². The van der Waals surface area contributed by atoms with Crippen LogP contribution < -0.4 is 10.1 Å². The van der Waals surface area contributed by atoms with Crippen molar-refractivity contribution < 1.29 is 4.74 Å². The highest BCUT2D eigenvalue weighted by atomic mass is 16.5. The summed E-state index contributed by atoms with van der Waals surface area (Å²) in [6, 6.07) is 18.9. The Bertz CT molecular complexity index is 1130. The zero-order chi connectivity index (χ0) is 19.6. The quantitative estimate of drug-likeness (QED) is 0.528. The second kappa shape index (κ2) is 7.68. The minimum absolute atomic E-state index is 0.480. The van der Waals surface area contributed by atoms with Crippen molar-refractivity contribution in [3.63, 3.8) is 0 Å². The number of ether oxygens (including phenoxy) is 1. The molecule has 146 valence electrons. The van der Waals surface area contributed by atoms with Gasteiger partial charge in [-0.3, -0.25) is 0 Å². The number of para-hydroxylation sites is 1. The van der Waals surface area contributed by atoms with Gasteiger partial charge in [0.2, 0.25) is 5.88 Å². The van der Waals surface area contributed by atoms with Crippen LogP contribution in [0.3, 0.4) is 0 Å². The lowest BCUT2D eigenvalue weighted by atomic mass is 10.0. The predicted molar refractivity (Wildman–Crippen MR) is 115 cm³/mol. The van der Waals surface area contributed by atoms with Crippen LogP contribution in [0.5, 0.6) is 5.88 Å². The SMILES string of the molecule is Cc1cc2ccccc2nc1-c1ccc(COc2[nH]ncc2C2CCNC2)cc1. The smallest absolute Gasteiger partial charge is 0.213 e. The normalized spacial score (nSPS) is 16.4. The molecule has 5 heteroatoms. The Kier molecular flexibility index (Phi) is 4.74. The molecule has 1 unspecified atom stereocenters. The number of nitrogens with one attached hydrogen (secondary N) is 2. The van der Waals surface area contributed by atoms with E-state index in [0.717, 1.165) is 47.7 Å². The van der Waals surface area contributed by atoms with Crippen LogP contribution in [0.1, 0.15) is 29.0 Å². The van der Waals surface area contributed by atoms with Crippen LogP contribution in [-0.4, -0.2) is 28.3 Å². The molecule has 1 aliphatic rings. The van der Waals surface area contributed by atoms with Gasteiger partial charge in [0.1, 0.15) is 6.61 Å². The zero-order valence-corrected chi connectivity index (χ0v) is 16.5. The summed E-state index contributed by atoms with van der Waals surface area (Å²) < 4.78 is 6.04. The molecule has 5 rings (SSSR count). The fourth-order valence-electron chi connectivity index (χ4n) is 4.04. The molecule has 3 heterocycles. The van der Waals surface area contributed by atoms with E-state index in [-0.39, 0.29) is 0 Å². The third-order valence-corrected chi connectivity index (χ3v) is 5.66. The Morgan fingerprint density at radius 2 is 1.97 bits per heavy atom. The van der Waals surface area contributed by atoms with Crippen LogP contribution in [0.25, 0.3) is 22.2 Å². The maximum atomic E-state index is 6.04. The van der Waals surface area contributed by atoms with Gasteiger partial charge < -0.3 is 10.1 Å². The summed E-state index contributed by atoms with van der Waals surface area (Å²) in [6.07, 6.45) is 3.02. The first-order valence-corrected chi connectivity index (χ1v) is 10.1. The molecule has 2 aromatic carbocycles. The first kappa shape index (κ1) is 17.9. The zero-order valence-electron chi connectivity index (χ0n) is 16.5. The van der Waals surface area contributed by atoms with Gasteiger partial charge in [0.25, 0.3) is 0 Å². The predicted octanol–water partition coefficient (Wildman–Crippen LogP) is 4.59. The Balaban J connectivity index is 1.32. The summed E-state index contributed by atoms with van der Waals surface area (Å²) in [5.74, 6) is 1.27. The average Bonchev–Trinajstić information content (AvgIpc) is 3.44. The summed E-state index contributed by atoms with van der Waals surface area (Å²) in [4.78, 5) is 4.87. The van der Waals surface area contributed by atoms with Crippen molar-refractivity contribution in [2.24, 2.45) is 0 Å². The van der Waals surface area contributed by atoms with Crippen molar-refractivity contribution >= 4 is 10.9 Å². The summed E-state index contributed by atoms with van der Waals surface area (Å²) in [7, 11) is 0. The number of hydrogen-bond acceptors (Lipinski definition) is 4. The van der Waals surface area contributed by atoms with Gasteiger partial charge in [-0.15, -0.1) is 0 Å². The van der Waals surface area contributed by atoms with Crippen LogP contribution in [0.15, 0.2) is 60.8 Å². The van der Waals surface area contributed by atoms with Crippen molar-refractivity contribution in [1.82, 2.24) is 20.5 Å². The van der Waals surface area contributed by atoms with Crippen LogP contribution in [0, 0.1) is 6.92 Å². The molecule has 5 nitrogen and oxygen atoms in total. The van der Waals surface area contributed by atoms with E-state index in [1.54, 1.807) is 0 Å². The van der Waals surface area contributed by atoms with E-state index in [9.17, 15) is 0 Å². The van der Waals surface area contributed by atoms with Crippen molar-refractivity contribution in [2.75, 3.05) is 13.1 Å². The Morgan fingerprint density at radius 1 is 1.10 bits per heavy atom. The molecular weight excluding hydrogens is 360 g/mol. The minimum atomic E-state index is 0.480. The number of rotatable bonds is 5. The first-order chi connectivity index (χ1) is 14.3. The average molecular weight is 384 g/mol. The molecule has 29 heavy (non-hydrogen) atoms. The molecule has 1 fully saturated rings. The number of benzene rings is 2. The molecule has 2 N–H and O–H groups in total. The van der Waals surface area contributed by atoms with E-state index < -0.39 is 0 Å². The van der Waals surface area contributed by atoms with Gasteiger partial charge in [-0.05, 0) is 43.1 Å². The number of hydrogen-bond donors (Lipinski definition) is 2. The molecule has 1 saturated heterocycles. The Morgan fingerprint density at radius 3 is 2.79 bits per heavy atom. The summed E-state index contributed by atoms with van der Waals surface area (Å²) >= 11 is 0. The van der Waals surface area contributed by atoms with E-state index >= 15 is 0 Å². The summed E-state index contributed by atoms with van der Waals surface area (Å²) in [5.41, 5.74) is 6.64. The Hall–Kier alpha value is -3.18. The van der Waals surface area contributed by atoms with Crippen molar-refractivity contribution in [3.8, 4) is 17.1 Å². The number of pyridine rings is 1. The second-order valence-electron chi connectivity index (χ2n) is 7.68. The Labute approximate surface area is 170 Å². The van der Waals surface area contributed by atoms with Crippen LogP contribution in [-0.2, 0) is 6.61 Å². The standard InChI is InChI=1S/C24H24N4O/c1-16-12-19-4-2-3-5-22(19)27-23(16)18-8-6-17(7-9-18)15-29-24-21(14-26-28-24)20-10-11-25-13-20/h2-9,12,14,20,25H,10-11,13,15H2,1H3,(H,26,28). The van der Waals surface area contributed by atoms with Gasteiger partial charge in [0, 0.05) is 29.0 Å². The van der Waals surface area contributed by atoms with E-state index in [0.29, 0.717) is 12.5 Å². The molecule has 1 atom stereocenters. The molecule has 1 aliphatic heterocycles. The number of fused-ring (bicyclic) bond motifs is 1. The highest BCUT2D eigenvalue weighted by Gasteiger charge is 2.22. The second-order valence-corrected chi connectivity index (χ2v) is 7.68. The van der Waals surface area contributed by atoms with Gasteiger partial charge in [0.15, 0.2) is 0 Å². The fourth-order valence-corrected chi connectivity index (χ4v) is 4.04. The number of aryl methyl sites for hydroxylation is 1. The van der Waals surface area contributed by atoms with Gasteiger partial charge in [-0.2, -0.15) is 5.10 Å². The van der Waals surface area contributed by atoms with Crippen LogP contribution in [0.2, 0.25) is 0 Å². The van der Waals surface area contributed by atoms with Gasteiger partial charge in [0.05, 0.1) is 17.4 Å². The van der Waals surface area contributed by atoms with E-state index in [1.165, 1.54) is 16.5 Å². The number of nitrogens with zero attached hydrogens (tertiary/aromatic N) is 2. The van der Waals surface area contributed by atoms with E-state index in [2.05, 4.69) is 64.9 Å². The molecule has 0 radical (unpaired) electrons. The van der Waals surface area contributed by atoms with Gasteiger partial charge >= 0.3 is 0 Å². The topological polar surface area (TPSA) is 62.8 Å². The number of H-pyrrole nitrogens is 1. The fraction of sp³-hybridized carbons (Fsp3) is 0.250. The number of aromatic nitrogens is 3. The van der Waals surface area contributed by atoms with Gasteiger partial charge in [-0.1, -0.05) is 42.5 Å². The van der Waals surface area contributed by atoms with Crippen LogP contribution >= 0.6 is 0 Å². The minimum Gasteiger partial charge on any atom is -0.473 e. The molecule has 4 aromatic rings. The third kappa shape index (κ3) is 3.61. The van der Waals surface area contributed by atoms with Crippen LogP contribution in [0.4, 0.5) is 0 Å². The summed E-state index contributed by atoms with van der Waals surface area (Å²) in [5, 5.41) is 11.8. The lowest BCUT2D eigenvalue weighted by molar-refractivity contribution is 0.289.